The molecule has 5 aromatic rings. The van der Waals surface area contributed by atoms with Crippen molar-refractivity contribution in [3.63, 3.8) is 0 Å². The number of hydrogen-bond acceptors (Lipinski definition) is 3. The molecule has 2 heterocycles. The molecule has 0 amide bonds. The van der Waals surface area contributed by atoms with Crippen LogP contribution in [0.3, 0.4) is 0 Å². The van der Waals surface area contributed by atoms with Crippen molar-refractivity contribution in [1.82, 2.24) is 14.5 Å². The second-order valence-electron chi connectivity index (χ2n) is 6.91. The molecule has 5 nitrogen and oxygen atoms in total. The Balaban J connectivity index is 1.82. The van der Waals surface area contributed by atoms with Gasteiger partial charge in [-0.15, -0.1) is 0 Å². The summed E-state index contributed by atoms with van der Waals surface area (Å²) in [6, 6.07) is 28.4. The van der Waals surface area contributed by atoms with Gasteiger partial charge in [-0.3, -0.25) is 9.36 Å². The van der Waals surface area contributed by atoms with Gasteiger partial charge in [-0.2, -0.15) is 5.26 Å². The van der Waals surface area contributed by atoms with Crippen LogP contribution in [0.15, 0.2) is 95.9 Å². The fourth-order valence-corrected chi connectivity index (χ4v) is 3.59. The average Bonchev–Trinajstić information content (AvgIpc) is 3.24. The maximum atomic E-state index is 13.4. The molecule has 5 heteroatoms. The fraction of sp³-hybridized carbons (Fsp3) is 0. The van der Waals surface area contributed by atoms with Gasteiger partial charge in [0.2, 0.25) is 0 Å². The third kappa shape index (κ3) is 2.97. The lowest BCUT2D eigenvalue weighted by molar-refractivity contribution is 0.992. The Kier molecular flexibility index (Phi) is 4.23. The summed E-state index contributed by atoms with van der Waals surface area (Å²) >= 11 is 0. The highest BCUT2D eigenvalue weighted by Gasteiger charge is 2.16. The molecule has 0 spiro atoms. The van der Waals surface area contributed by atoms with Crippen molar-refractivity contribution in [3.05, 3.63) is 107 Å². The summed E-state index contributed by atoms with van der Waals surface area (Å²) in [5, 5.41) is 9.56. The first-order chi connectivity index (χ1) is 14.7. The Morgan fingerprint density at radius 1 is 0.867 bits per heavy atom. The Labute approximate surface area is 172 Å². The van der Waals surface area contributed by atoms with E-state index in [0.717, 1.165) is 22.3 Å². The van der Waals surface area contributed by atoms with Crippen molar-refractivity contribution >= 4 is 11.0 Å². The van der Waals surface area contributed by atoms with Gasteiger partial charge in [0.1, 0.15) is 5.82 Å². The van der Waals surface area contributed by atoms with Gasteiger partial charge >= 0.3 is 0 Å². The number of fused-ring (bicyclic) bond motifs is 1. The Bertz CT molecular complexity index is 1440. The van der Waals surface area contributed by atoms with Crippen molar-refractivity contribution < 1.29 is 0 Å². The van der Waals surface area contributed by atoms with Gasteiger partial charge in [-0.05, 0) is 36.4 Å². The minimum Gasteiger partial charge on any atom is -0.338 e. The van der Waals surface area contributed by atoms with Gasteiger partial charge in [0.05, 0.1) is 22.7 Å². The lowest BCUT2D eigenvalue weighted by Crippen LogP contribution is -2.20. The molecule has 30 heavy (non-hydrogen) atoms. The van der Waals surface area contributed by atoms with Crippen LogP contribution in [0.4, 0.5) is 0 Å². The van der Waals surface area contributed by atoms with Crippen LogP contribution in [0.5, 0.6) is 0 Å². The fourth-order valence-electron chi connectivity index (χ4n) is 3.59. The predicted molar refractivity (Wildman–Crippen MR) is 117 cm³/mol. The molecule has 0 fully saturated rings. The molecule has 0 bridgehead atoms. The van der Waals surface area contributed by atoms with Gasteiger partial charge < -0.3 is 4.98 Å². The molecule has 0 saturated heterocycles. The summed E-state index contributed by atoms with van der Waals surface area (Å²) in [5.41, 5.74) is 4.60. The number of aromatic nitrogens is 3. The first-order valence-corrected chi connectivity index (χ1v) is 9.51. The number of benzene rings is 3. The second-order valence-corrected chi connectivity index (χ2v) is 6.91. The van der Waals surface area contributed by atoms with Crippen LogP contribution >= 0.6 is 0 Å². The molecule has 0 aliphatic rings. The molecule has 0 radical (unpaired) electrons. The van der Waals surface area contributed by atoms with Crippen LogP contribution in [0.1, 0.15) is 5.56 Å². The molecule has 142 valence electrons. The first kappa shape index (κ1) is 17.7. The number of aromatic amines is 1. The normalized spacial score (nSPS) is 10.8. The molecule has 0 saturated carbocycles. The van der Waals surface area contributed by atoms with E-state index in [9.17, 15) is 10.1 Å². The van der Waals surface area contributed by atoms with Gasteiger partial charge in [0, 0.05) is 28.6 Å². The number of nitrogens with zero attached hydrogens (tertiary/aromatic N) is 3. The minimum atomic E-state index is -0.191. The summed E-state index contributed by atoms with van der Waals surface area (Å²) in [6.07, 6.45) is 1.79. The van der Waals surface area contributed by atoms with Crippen molar-refractivity contribution in [2.45, 2.75) is 0 Å². The lowest BCUT2D eigenvalue weighted by atomic mass is 10.00. The van der Waals surface area contributed by atoms with E-state index in [1.807, 2.05) is 60.7 Å². The largest absolute Gasteiger partial charge is 0.338 e. The number of rotatable bonds is 3. The summed E-state index contributed by atoms with van der Waals surface area (Å²) in [4.78, 5) is 21.4. The van der Waals surface area contributed by atoms with Crippen molar-refractivity contribution in [2.75, 3.05) is 0 Å². The molecule has 1 N–H and O–H groups in total. The summed E-state index contributed by atoms with van der Waals surface area (Å²) in [7, 11) is 0. The monoisotopic (exact) mass is 388 g/mol. The number of hydrogen-bond donors (Lipinski definition) is 1. The standard InChI is InChI=1S/C25H16N4O/c26-15-17-8-4-5-11-20(17)21-14-18(24-27-22-12-6-7-13-23(22)28-24)16-29(25(21)30)19-9-2-1-3-10-19/h1-14,16H,(H,27,28). The number of pyridine rings is 1. The minimum absolute atomic E-state index is 0.191. The SMILES string of the molecule is N#Cc1ccccc1-c1cc(-c2nc3ccccc3[nH]2)cn(-c2ccccc2)c1=O. The number of imidazole rings is 1. The van der Waals surface area contributed by atoms with E-state index in [2.05, 4.69) is 16.0 Å². The number of nitriles is 1. The van der Waals surface area contributed by atoms with Crippen molar-refractivity contribution in [2.24, 2.45) is 0 Å². The quantitative estimate of drug-likeness (QED) is 0.477. The smallest absolute Gasteiger partial charge is 0.263 e. The average molecular weight is 388 g/mol. The first-order valence-electron chi connectivity index (χ1n) is 9.51. The zero-order chi connectivity index (χ0) is 20.5. The zero-order valence-electron chi connectivity index (χ0n) is 15.9. The maximum Gasteiger partial charge on any atom is 0.263 e. The van der Waals surface area contributed by atoms with Crippen LogP contribution < -0.4 is 5.56 Å². The van der Waals surface area contributed by atoms with Gasteiger partial charge in [0.15, 0.2) is 0 Å². The maximum absolute atomic E-state index is 13.4. The molecular formula is C25H16N4O. The molecule has 0 aliphatic carbocycles. The van der Waals surface area contributed by atoms with Crippen molar-refractivity contribution in [1.29, 1.82) is 5.26 Å². The summed E-state index contributed by atoms with van der Waals surface area (Å²) in [6.45, 7) is 0. The Hall–Kier alpha value is -4.43. The van der Waals surface area contributed by atoms with Crippen LogP contribution in [0.25, 0.3) is 39.2 Å². The Morgan fingerprint density at radius 3 is 2.40 bits per heavy atom. The summed E-state index contributed by atoms with van der Waals surface area (Å²) in [5.74, 6) is 0.663. The predicted octanol–water partition coefficient (Wildman–Crippen LogP) is 4.92. The molecule has 0 unspecified atom stereocenters. The molecule has 0 aliphatic heterocycles. The van der Waals surface area contributed by atoms with E-state index in [0.29, 0.717) is 22.5 Å². The number of nitrogens with one attached hydrogen (secondary N) is 1. The number of para-hydroxylation sites is 3. The van der Waals surface area contributed by atoms with Gasteiger partial charge in [0.25, 0.3) is 5.56 Å². The highest BCUT2D eigenvalue weighted by atomic mass is 16.1. The van der Waals surface area contributed by atoms with Crippen molar-refractivity contribution in [3.8, 4) is 34.3 Å². The van der Waals surface area contributed by atoms with E-state index in [1.165, 1.54) is 0 Å². The molecular weight excluding hydrogens is 372 g/mol. The lowest BCUT2D eigenvalue weighted by Gasteiger charge is -2.12. The van der Waals surface area contributed by atoms with E-state index >= 15 is 0 Å². The molecule has 5 rings (SSSR count). The molecule has 2 aromatic heterocycles. The van der Waals surface area contributed by atoms with E-state index in [1.54, 1.807) is 35.0 Å². The molecule has 3 aromatic carbocycles. The zero-order valence-corrected chi connectivity index (χ0v) is 15.9. The van der Waals surface area contributed by atoms with E-state index in [-0.39, 0.29) is 5.56 Å². The Morgan fingerprint density at radius 2 is 1.60 bits per heavy atom. The third-order valence-corrected chi connectivity index (χ3v) is 5.05. The van der Waals surface area contributed by atoms with E-state index < -0.39 is 0 Å². The van der Waals surface area contributed by atoms with Crippen LogP contribution in [0.2, 0.25) is 0 Å². The van der Waals surface area contributed by atoms with Gasteiger partial charge in [-0.1, -0.05) is 48.5 Å². The molecule has 0 atom stereocenters. The highest BCUT2D eigenvalue weighted by Crippen LogP contribution is 2.27. The van der Waals surface area contributed by atoms with Crippen LogP contribution in [0, 0.1) is 11.3 Å². The number of H-pyrrole nitrogens is 1. The third-order valence-electron chi connectivity index (χ3n) is 5.05. The van der Waals surface area contributed by atoms with Crippen LogP contribution in [-0.4, -0.2) is 14.5 Å². The second kappa shape index (κ2) is 7.19. The van der Waals surface area contributed by atoms with Crippen LogP contribution in [-0.2, 0) is 0 Å². The summed E-state index contributed by atoms with van der Waals surface area (Å²) < 4.78 is 1.60. The highest BCUT2D eigenvalue weighted by molar-refractivity contribution is 5.81. The van der Waals surface area contributed by atoms with E-state index in [4.69, 9.17) is 0 Å². The topological polar surface area (TPSA) is 74.5 Å². The van der Waals surface area contributed by atoms with Gasteiger partial charge in [-0.25, -0.2) is 4.98 Å².